The molecular weight excluding hydrogens is 336 g/mol. The van der Waals surface area contributed by atoms with E-state index in [0.29, 0.717) is 21.9 Å². The number of halogens is 3. The van der Waals surface area contributed by atoms with Crippen molar-refractivity contribution in [1.29, 1.82) is 0 Å². The fourth-order valence-corrected chi connectivity index (χ4v) is 2.51. The van der Waals surface area contributed by atoms with E-state index in [1.165, 1.54) is 19.2 Å². The summed E-state index contributed by atoms with van der Waals surface area (Å²) in [4.78, 5) is 11.6. The number of likely N-dealkylation sites (N-methyl/N-ethyl adjacent to an activating group) is 1. The first-order valence-electron chi connectivity index (χ1n) is 7.40. The lowest BCUT2D eigenvalue weighted by molar-refractivity contribution is -0.119. The third-order valence-electron chi connectivity index (χ3n) is 3.63. The highest BCUT2D eigenvalue weighted by Gasteiger charge is 2.18. The summed E-state index contributed by atoms with van der Waals surface area (Å²) in [6.07, 6.45) is -2.64. The molecule has 24 heavy (non-hydrogen) atoms. The lowest BCUT2D eigenvalue weighted by Crippen LogP contribution is -2.21. The molecule has 0 atom stereocenters. The molecule has 0 aliphatic rings. The third kappa shape index (κ3) is 4.45. The van der Waals surface area contributed by atoms with Crippen molar-refractivity contribution < 1.29 is 18.3 Å². The van der Waals surface area contributed by atoms with E-state index in [2.05, 4.69) is 5.32 Å². The van der Waals surface area contributed by atoms with Crippen molar-refractivity contribution >= 4 is 17.5 Å². The number of carbonyl (C=O) groups is 1. The van der Waals surface area contributed by atoms with E-state index >= 15 is 0 Å². The SMILES string of the molecule is CNC(=O)Cc1cccc(C(F)F)c1COc1cc(C)ccc1Cl. The Hall–Kier alpha value is -2.14. The van der Waals surface area contributed by atoms with E-state index in [1.54, 1.807) is 18.2 Å². The van der Waals surface area contributed by atoms with E-state index in [1.807, 2.05) is 13.0 Å². The number of amides is 1. The van der Waals surface area contributed by atoms with Gasteiger partial charge < -0.3 is 10.1 Å². The molecule has 6 heteroatoms. The van der Waals surface area contributed by atoms with Gasteiger partial charge in [0.05, 0.1) is 11.4 Å². The highest BCUT2D eigenvalue weighted by molar-refractivity contribution is 6.32. The van der Waals surface area contributed by atoms with Gasteiger partial charge in [0.2, 0.25) is 5.91 Å². The Morgan fingerprint density at radius 3 is 2.71 bits per heavy atom. The second-order valence-corrected chi connectivity index (χ2v) is 5.77. The molecule has 2 aromatic rings. The standard InChI is InChI=1S/C18H18ClF2NO2/c1-11-6-7-15(19)16(8-11)24-10-14-12(9-17(23)22-2)4-3-5-13(14)18(20)21/h3-8,18H,9-10H2,1-2H3,(H,22,23). The predicted octanol–water partition coefficient (Wildman–Crippen LogP) is 4.45. The number of hydrogen-bond acceptors (Lipinski definition) is 2. The molecule has 0 unspecified atom stereocenters. The largest absolute Gasteiger partial charge is 0.487 e. The number of benzene rings is 2. The van der Waals surface area contributed by atoms with Gasteiger partial charge in [0.1, 0.15) is 12.4 Å². The van der Waals surface area contributed by atoms with Gasteiger partial charge in [-0.3, -0.25) is 4.79 Å². The van der Waals surface area contributed by atoms with Crippen LogP contribution in [0.2, 0.25) is 5.02 Å². The van der Waals surface area contributed by atoms with Crippen molar-refractivity contribution in [2.24, 2.45) is 0 Å². The van der Waals surface area contributed by atoms with E-state index in [-0.39, 0.29) is 24.5 Å². The smallest absolute Gasteiger partial charge is 0.264 e. The Kier molecular flexibility index (Phi) is 6.15. The van der Waals surface area contributed by atoms with Gasteiger partial charge in [0, 0.05) is 18.2 Å². The average Bonchev–Trinajstić information content (AvgIpc) is 2.56. The molecule has 0 fully saturated rings. The lowest BCUT2D eigenvalue weighted by Gasteiger charge is -2.16. The summed E-state index contributed by atoms with van der Waals surface area (Å²) in [5.74, 6) is 0.169. The lowest BCUT2D eigenvalue weighted by atomic mass is 9.99. The molecule has 0 heterocycles. The minimum absolute atomic E-state index is 0.0112. The number of rotatable bonds is 6. The number of nitrogens with one attached hydrogen (secondary N) is 1. The summed E-state index contributed by atoms with van der Waals surface area (Å²) in [6.45, 7) is 1.79. The van der Waals surface area contributed by atoms with Gasteiger partial charge in [0.25, 0.3) is 6.43 Å². The van der Waals surface area contributed by atoms with Crippen LogP contribution >= 0.6 is 11.6 Å². The first-order chi connectivity index (χ1) is 11.4. The second kappa shape index (κ2) is 8.11. The second-order valence-electron chi connectivity index (χ2n) is 5.36. The molecular formula is C18H18ClF2NO2. The molecule has 0 spiro atoms. The molecule has 128 valence electrons. The highest BCUT2D eigenvalue weighted by atomic mass is 35.5. The van der Waals surface area contributed by atoms with Crippen molar-refractivity contribution in [3.63, 3.8) is 0 Å². The molecule has 2 aromatic carbocycles. The summed E-state index contributed by atoms with van der Waals surface area (Å²) in [6, 6.07) is 9.77. The van der Waals surface area contributed by atoms with Crippen LogP contribution in [0.1, 0.15) is 28.7 Å². The van der Waals surface area contributed by atoms with Gasteiger partial charge in [-0.15, -0.1) is 0 Å². The van der Waals surface area contributed by atoms with Gasteiger partial charge >= 0.3 is 0 Å². The molecule has 0 saturated carbocycles. The molecule has 1 amide bonds. The minimum Gasteiger partial charge on any atom is -0.487 e. The van der Waals surface area contributed by atoms with Crippen LogP contribution in [0.25, 0.3) is 0 Å². The fourth-order valence-electron chi connectivity index (χ4n) is 2.33. The van der Waals surface area contributed by atoms with Gasteiger partial charge in [-0.2, -0.15) is 0 Å². The summed E-state index contributed by atoms with van der Waals surface area (Å²) < 4.78 is 32.3. The van der Waals surface area contributed by atoms with E-state index in [9.17, 15) is 13.6 Å². The topological polar surface area (TPSA) is 38.3 Å². The Morgan fingerprint density at radius 1 is 1.29 bits per heavy atom. The molecule has 0 aliphatic carbocycles. The maximum absolute atomic E-state index is 13.3. The van der Waals surface area contributed by atoms with Gasteiger partial charge in [-0.1, -0.05) is 35.9 Å². The van der Waals surface area contributed by atoms with Gasteiger partial charge in [-0.05, 0) is 30.2 Å². The van der Waals surface area contributed by atoms with Crippen LogP contribution in [-0.2, 0) is 17.8 Å². The number of carbonyl (C=O) groups excluding carboxylic acids is 1. The zero-order chi connectivity index (χ0) is 17.7. The predicted molar refractivity (Wildman–Crippen MR) is 89.7 cm³/mol. The molecule has 1 N–H and O–H groups in total. The molecule has 3 nitrogen and oxygen atoms in total. The molecule has 0 bridgehead atoms. The summed E-state index contributed by atoms with van der Waals surface area (Å²) in [5.41, 5.74) is 1.63. The van der Waals surface area contributed by atoms with E-state index < -0.39 is 6.43 Å². The van der Waals surface area contributed by atoms with Crippen molar-refractivity contribution in [1.82, 2.24) is 5.32 Å². The van der Waals surface area contributed by atoms with Crippen LogP contribution in [0.3, 0.4) is 0 Å². The van der Waals surface area contributed by atoms with Crippen LogP contribution in [-0.4, -0.2) is 13.0 Å². The zero-order valence-electron chi connectivity index (χ0n) is 13.4. The molecule has 0 aromatic heterocycles. The van der Waals surface area contributed by atoms with Crippen molar-refractivity contribution in [2.75, 3.05) is 7.05 Å². The summed E-state index contributed by atoms with van der Waals surface area (Å²) in [5, 5.41) is 2.90. The summed E-state index contributed by atoms with van der Waals surface area (Å²) in [7, 11) is 1.50. The third-order valence-corrected chi connectivity index (χ3v) is 3.95. The van der Waals surface area contributed by atoms with Crippen molar-refractivity contribution in [3.05, 3.63) is 63.7 Å². The minimum atomic E-state index is -2.65. The number of aryl methyl sites for hydroxylation is 1. The van der Waals surface area contributed by atoms with Crippen LogP contribution in [0, 0.1) is 6.92 Å². The number of alkyl halides is 2. The summed E-state index contributed by atoms with van der Waals surface area (Å²) >= 11 is 6.07. The monoisotopic (exact) mass is 353 g/mol. The van der Waals surface area contributed by atoms with E-state index in [4.69, 9.17) is 16.3 Å². The maximum atomic E-state index is 13.3. The van der Waals surface area contributed by atoms with Crippen LogP contribution in [0.15, 0.2) is 36.4 Å². The average molecular weight is 354 g/mol. The number of ether oxygens (including phenoxy) is 1. The Balaban J connectivity index is 2.32. The van der Waals surface area contributed by atoms with Gasteiger partial charge in [-0.25, -0.2) is 8.78 Å². The maximum Gasteiger partial charge on any atom is 0.264 e. The van der Waals surface area contributed by atoms with E-state index in [0.717, 1.165) is 5.56 Å². The van der Waals surface area contributed by atoms with Crippen LogP contribution in [0.4, 0.5) is 8.78 Å². The fraction of sp³-hybridized carbons (Fsp3) is 0.278. The number of hydrogen-bond donors (Lipinski definition) is 1. The Morgan fingerprint density at radius 2 is 2.04 bits per heavy atom. The zero-order valence-corrected chi connectivity index (χ0v) is 14.2. The van der Waals surface area contributed by atoms with Crippen molar-refractivity contribution in [2.45, 2.75) is 26.4 Å². The quantitative estimate of drug-likeness (QED) is 0.833. The molecule has 0 aliphatic heterocycles. The van der Waals surface area contributed by atoms with Crippen LogP contribution < -0.4 is 10.1 Å². The normalized spacial score (nSPS) is 10.8. The highest BCUT2D eigenvalue weighted by Crippen LogP contribution is 2.30. The first kappa shape index (κ1) is 18.2. The van der Waals surface area contributed by atoms with Crippen molar-refractivity contribution in [3.8, 4) is 5.75 Å². The van der Waals surface area contributed by atoms with Crippen LogP contribution in [0.5, 0.6) is 5.75 Å². The van der Waals surface area contributed by atoms with Gasteiger partial charge in [0.15, 0.2) is 0 Å². The first-order valence-corrected chi connectivity index (χ1v) is 7.78. The molecule has 2 rings (SSSR count). The molecule has 0 saturated heterocycles. The Labute approximate surface area is 144 Å². The molecule has 0 radical (unpaired) electrons. The Bertz CT molecular complexity index is 735.